The molecule has 6 heteroatoms. The fourth-order valence-corrected chi connectivity index (χ4v) is 3.99. The topological polar surface area (TPSA) is 89.2 Å². The van der Waals surface area contributed by atoms with Gasteiger partial charge in [0.25, 0.3) is 0 Å². The number of hydrogen-bond acceptors (Lipinski definition) is 6. The lowest BCUT2D eigenvalue weighted by Gasteiger charge is -2.22. The molecule has 0 bridgehead atoms. The lowest BCUT2D eigenvalue weighted by Crippen LogP contribution is -2.16. The summed E-state index contributed by atoms with van der Waals surface area (Å²) >= 11 is 0. The van der Waals surface area contributed by atoms with Crippen molar-refractivity contribution in [3.63, 3.8) is 0 Å². The maximum Gasteiger partial charge on any atom is 0.0605 e. The number of nitrogens with one attached hydrogen (secondary N) is 4. The van der Waals surface area contributed by atoms with Crippen LogP contribution in [0.25, 0.3) is 11.3 Å². The van der Waals surface area contributed by atoms with Gasteiger partial charge in [0.1, 0.15) is 0 Å². The van der Waals surface area contributed by atoms with Crippen LogP contribution in [-0.4, -0.2) is 38.8 Å². The van der Waals surface area contributed by atoms with E-state index in [0.29, 0.717) is 0 Å². The van der Waals surface area contributed by atoms with Gasteiger partial charge in [0.05, 0.1) is 11.7 Å². The molecule has 0 amide bonds. The Bertz CT molecular complexity index is 968. The molecule has 2 aromatic carbocycles. The Balaban J connectivity index is 1.99. The van der Waals surface area contributed by atoms with E-state index < -0.39 is 0 Å². The van der Waals surface area contributed by atoms with Crippen LogP contribution in [0.5, 0.6) is 0 Å². The van der Waals surface area contributed by atoms with Crippen molar-refractivity contribution < 1.29 is 0 Å². The van der Waals surface area contributed by atoms with Crippen LogP contribution in [0.3, 0.4) is 0 Å². The van der Waals surface area contributed by atoms with E-state index >= 15 is 0 Å². The number of fused-ring (bicyclic) bond motifs is 1. The van der Waals surface area contributed by atoms with E-state index in [1.807, 2.05) is 20.2 Å². The molecule has 31 heavy (non-hydrogen) atoms. The van der Waals surface area contributed by atoms with Gasteiger partial charge in [-0.3, -0.25) is 0 Å². The Morgan fingerprint density at radius 2 is 1.97 bits per heavy atom. The molecule has 1 aliphatic heterocycles. The molecule has 3 rings (SSSR count). The van der Waals surface area contributed by atoms with Crippen molar-refractivity contribution in [2.75, 3.05) is 33.0 Å². The fourth-order valence-electron chi connectivity index (χ4n) is 3.99. The monoisotopic (exact) mass is 418 g/mol. The summed E-state index contributed by atoms with van der Waals surface area (Å²) in [4.78, 5) is 2.17. The molecule has 164 valence electrons. The second-order valence-electron chi connectivity index (χ2n) is 8.24. The first-order chi connectivity index (χ1) is 14.9. The fraction of sp³-hybridized carbons (Fsp3) is 0.320. The molecule has 0 spiro atoms. The van der Waals surface area contributed by atoms with Gasteiger partial charge in [0.15, 0.2) is 0 Å². The molecule has 0 saturated carbocycles. The van der Waals surface area contributed by atoms with Gasteiger partial charge < -0.3 is 32.0 Å². The summed E-state index contributed by atoms with van der Waals surface area (Å²) in [5, 5.41) is 18.1. The third-order valence-corrected chi connectivity index (χ3v) is 5.41. The molecule has 0 aliphatic carbocycles. The average molecular weight is 419 g/mol. The molecule has 1 heterocycles. The predicted octanol–water partition coefficient (Wildman–Crippen LogP) is 3.75. The molecule has 1 atom stereocenters. The Morgan fingerprint density at radius 3 is 2.58 bits per heavy atom. The summed E-state index contributed by atoms with van der Waals surface area (Å²) in [5.41, 5.74) is 14.5. The highest BCUT2D eigenvalue weighted by atomic mass is 15.0. The van der Waals surface area contributed by atoms with Crippen molar-refractivity contribution in [2.45, 2.75) is 25.9 Å². The van der Waals surface area contributed by atoms with Gasteiger partial charge in [-0.25, -0.2) is 0 Å². The zero-order valence-corrected chi connectivity index (χ0v) is 18.9. The molecule has 1 aliphatic rings. The zero-order chi connectivity index (χ0) is 22.4. The van der Waals surface area contributed by atoms with E-state index in [9.17, 15) is 0 Å². The summed E-state index contributed by atoms with van der Waals surface area (Å²) in [6, 6.07) is 15.1. The van der Waals surface area contributed by atoms with E-state index in [1.54, 1.807) is 0 Å². The second kappa shape index (κ2) is 10.2. The van der Waals surface area contributed by atoms with Crippen LogP contribution in [-0.2, 0) is 6.54 Å². The number of nitrogens with two attached hydrogens (primary N) is 1. The lowest BCUT2D eigenvalue weighted by atomic mass is 9.92. The van der Waals surface area contributed by atoms with Crippen LogP contribution in [0, 0.1) is 5.41 Å². The van der Waals surface area contributed by atoms with E-state index in [0.717, 1.165) is 53.3 Å². The quantitative estimate of drug-likeness (QED) is 0.442. The number of hydrogen-bond donors (Lipinski definition) is 5. The van der Waals surface area contributed by atoms with Crippen molar-refractivity contribution in [3.8, 4) is 0 Å². The largest absolute Gasteiger partial charge is 0.401 e. The van der Waals surface area contributed by atoms with Gasteiger partial charge in [0.2, 0.25) is 0 Å². The van der Waals surface area contributed by atoms with E-state index in [2.05, 4.69) is 77.4 Å². The Hall–Kier alpha value is -3.25. The van der Waals surface area contributed by atoms with Gasteiger partial charge in [-0.2, -0.15) is 0 Å². The summed E-state index contributed by atoms with van der Waals surface area (Å²) in [6.45, 7) is 3.68. The highest BCUT2D eigenvalue weighted by Crippen LogP contribution is 2.34. The minimum Gasteiger partial charge on any atom is -0.401 e. The second-order valence-corrected chi connectivity index (χ2v) is 8.24. The van der Waals surface area contributed by atoms with E-state index in [4.69, 9.17) is 11.1 Å². The van der Waals surface area contributed by atoms with Crippen molar-refractivity contribution in [1.82, 2.24) is 15.5 Å². The first kappa shape index (κ1) is 22.4. The summed E-state index contributed by atoms with van der Waals surface area (Å²) in [5.74, 6) is 0. The Labute approximate surface area is 185 Å². The van der Waals surface area contributed by atoms with Gasteiger partial charge >= 0.3 is 0 Å². The number of nitrogens with zero attached hydrogens (tertiary/aromatic N) is 1. The van der Waals surface area contributed by atoms with Gasteiger partial charge in [0, 0.05) is 55.1 Å². The van der Waals surface area contributed by atoms with Crippen LogP contribution in [0.4, 0.5) is 5.69 Å². The molecule has 6 N–H and O–H groups in total. The van der Waals surface area contributed by atoms with Crippen molar-refractivity contribution in [1.29, 1.82) is 5.41 Å². The van der Waals surface area contributed by atoms with E-state index in [-0.39, 0.29) is 6.04 Å². The maximum atomic E-state index is 7.80. The molecule has 0 fully saturated rings. The first-order valence-electron chi connectivity index (χ1n) is 10.7. The van der Waals surface area contributed by atoms with Crippen LogP contribution in [0.2, 0.25) is 0 Å². The number of benzene rings is 2. The number of rotatable bonds is 7. The number of allylic oxidation sites excluding steroid dienone is 2. The van der Waals surface area contributed by atoms with E-state index in [1.165, 1.54) is 17.3 Å². The van der Waals surface area contributed by atoms with Gasteiger partial charge in [-0.15, -0.1) is 0 Å². The smallest absolute Gasteiger partial charge is 0.0605 e. The number of anilines is 1. The Morgan fingerprint density at radius 1 is 1.23 bits per heavy atom. The van der Waals surface area contributed by atoms with Crippen molar-refractivity contribution in [3.05, 3.63) is 76.6 Å². The standard InChI is InChI=1S/C25H34N6/c1-17(27)25-22-10-7-19(20(14-26)15-28-2)13-23(22)24(11-12-29-25)30-21-8-5-18(6-9-21)16-31(3)4/h5-10,13-15,24,26,28-30H,11-12,16,27H2,1-4H3/b20-15+,25-17-,26-14?. The third-order valence-electron chi connectivity index (χ3n) is 5.41. The summed E-state index contributed by atoms with van der Waals surface area (Å²) in [6.07, 6.45) is 4.15. The van der Waals surface area contributed by atoms with Gasteiger partial charge in [-0.05, 0) is 62.3 Å². The summed E-state index contributed by atoms with van der Waals surface area (Å²) in [7, 11) is 6.00. The molecule has 6 nitrogen and oxygen atoms in total. The van der Waals surface area contributed by atoms with Crippen LogP contribution in [0.1, 0.15) is 41.6 Å². The zero-order valence-electron chi connectivity index (χ0n) is 18.9. The van der Waals surface area contributed by atoms with Crippen LogP contribution in [0.15, 0.2) is 54.4 Å². The van der Waals surface area contributed by atoms with Gasteiger partial charge in [-0.1, -0.05) is 24.3 Å². The molecular formula is C25H34N6. The summed E-state index contributed by atoms with van der Waals surface area (Å²) < 4.78 is 0. The molecular weight excluding hydrogens is 384 g/mol. The van der Waals surface area contributed by atoms with Crippen molar-refractivity contribution in [2.24, 2.45) is 5.73 Å². The highest BCUT2D eigenvalue weighted by molar-refractivity contribution is 6.08. The maximum absolute atomic E-state index is 7.80. The molecule has 0 saturated heterocycles. The van der Waals surface area contributed by atoms with Crippen LogP contribution >= 0.6 is 0 Å². The molecule has 0 aromatic heterocycles. The molecule has 2 aromatic rings. The first-order valence-corrected chi connectivity index (χ1v) is 10.7. The SMILES string of the molecule is CN/C=C(\C=N)c1ccc2c(c1)C(Nc1ccc(CN(C)C)cc1)CCN/C2=C(/C)N. The molecule has 1 unspecified atom stereocenters. The predicted molar refractivity (Wildman–Crippen MR) is 132 cm³/mol. The Kier molecular flexibility index (Phi) is 7.36. The lowest BCUT2D eigenvalue weighted by molar-refractivity contribution is 0.402. The normalized spacial score (nSPS) is 18.0. The van der Waals surface area contributed by atoms with Crippen molar-refractivity contribution >= 4 is 23.2 Å². The molecule has 0 radical (unpaired) electrons. The highest BCUT2D eigenvalue weighted by Gasteiger charge is 2.23. The minimum absolute atomic E-state index is 0.126. The van der Waals surface area contributed by atoms with Crippen LogP contribution < -0.4 is 21.7 Å². The third kappa shape index (κ3) is 5.47. The minimum atomic E-state index is 0.126. The average Bonchev–Trinajstić information content (AvgIpc) is 2.92.